The number of pyridine rings is 1. The lowest BCUT2D eigenvalue weighted by molar-refractivity contribution is 0.495. The third-order valence-electron chi connectivity index (χ3n) is 2.50. The van der Waals surface area contributed by atoms with Crippen molar-refractivity contribution in [1.82, 2.24) is 19.7 Å². The number of aromatic nitrogens is 4. The summed E-state index contributed by atoms with van der Waals surface area (Å²) in [6.07, 6.45) is 4.80. The van der Waals surface area contributed by atoms with Gasteiger partial charge in [-0.1, -0.05) is 0 Å². The molecule has 0 aliphatic rings. The lowest BCUT2D eigenvalue weighted by atomic mass is 10.3. The van der Waals surface area contributed by atoms with E-state index in [4.69, 9.17) is 4.42 Å². The van der Waals surface area contributed by atoms with Crippen LogP contribution in [0.4, 0.5) is 5.69 Å². The van der Waals surface area contributed by atoms with Crippen molar-refractivity contribution in [2.75, 3.05) is 5.32 Å². The van der Waals surface area contributed by atoms with Crippen LogP contribution in [0.5, 0.6) is 0 Å². The minimum absolute atomic E-state index is 0.568. The summed E-state index contributed by atoms with van der Waals surface area (Å²) in [6.45, 7) is 0.568. The van der Waals surface area contributed by atoms with Gasteiger partial charge in [-0.05, 0) is 40.2 Å². The Hall–Kier alpha value is -2.15. The third kappa shape index (κ3) is 2.65. The number of furan rings is 1. The van der Waals surface area contributed by atoms with Gasteiger partial charge in [0, 0.05) is 6.20 Å². The van der Waals surface area contributed by atoms with Crippen molar-refractivity contribution in [1.29, 1.82) is 0 Å². The van der Waals surface area contributed by atoms with Gasteiger partial charge in [0.25, 0.3) is 0 Å². The second-order valence-corrected chi connectivity index (χ2v) is 4.56. The van der Waals surface area contributed by atoms with Gasteiger partial charge in [0.05, 0.1) is 12.2 Å². The smallest absolute Gasteiger partial charge is 0.178 e. The first-order chi connectivity index (χ1) is 9.33. The fourth-order valence-corrected chi connectivity index (χ4v) is 2.00. The lowest BCUT2D eigenvalue weighted by Crippen LogP contribution is -2.06. The summed E-state index contributed by atoms with van der Waals surface area (Å²) in [4.78, 5) is 8.22. The molecular weight excluding hydrogens is 310 g/mol. The van der Waals surface area contributed by atoms with Crippen molar-refractivity contribution in [2.24, 2.45) is 0 Å². The zero-order valence-corrected chi connectivity index (χ0v) is 11.4. The van der Waals surface area contributed by atoms with E-state index < -0.39 is 0 Å². The van der Waals surface area contributed by atoms with E-state index in [2.05, 4.69) is 36.3 Å². The van der Waals surface area contributed by atoms with E-state index >= 15 is 0 Å². The van der Waals surface area contributed by atoms with Gasteiger partial charge in [-0.25, -0.2) is 14.6 Å². The van der Waals surface area contributed by atoms with Crippen molar-refractivity contribution in [3.63, 3.8) is 0 Å². The van der Waals surface area contributed by atoms with E-state index in [0.29, 0.717) is 17.0 Å². The van der Waals surface area contributed by atoms with Crippen molar-refractivity contribution in [3.8, 4) is 5.82 Å². The number of halogens is 1. The van der Waals surface area contributed by atoms with Crippen molar-refractivity contribution in [3.05, 3.63) is 53.5 Å². The normalized spacial score (nSPS) is 10.6. The first-order valence-corrected chi connectivity index (χ1v) is 6.40. The maximum atomic E-state index is 5.43. The monoisotopic (exact) mass is 319 g/mol. The van der Waals surface area contributed by atoms with Gasteiger partial charge < -0.3 is 9.73 Å². The highest BCUT2D eigenvalue weighted by Crippen LogP contribution is 2.19. The van der Waals surface area contributed by atoms with E-state index in [1.807, 2.05) is 24.3 Å². The highest BCUT2D eigenvalue weighted by molar-refractivity contribution is 9.10. The van der Waals surface area contributed by atoms with Crippen LogP contribution in [-0.4, -0.2) is 19.7 Å². The molecular formula is C12H10BrN5O. The lowest BCUT2D eigenvalue weighted by Gasteiger charge is -2.09. The largest absolute Gasteiger partial charge is 0.452 e. The van der Waals surface area contributed by atoms with Crippen LogP contribution in [0.2, 0.25) is 0 Å². The number of hydrogen-bond acceptors (Lipinski definition) is 5. The molecule has 0 atom stereocenters. The Morgan fingerprint density at radius 2 is 2.26 bits per heavy atom. The fourth-order valence-electron chi connectivity index (χ4n) is 1.66. The summed E-state index contributed by atoms with van der Waals surface area (Å²) in [5.41, 5.74) is 0.862. The van der Waals surface area contributed by atoms with E-state index in [1.165, 1.54) is 6.33 Å². The molecule has 0 bridgehead atoms. The van der Waals surface area contributed by atoms with Gasteiger partial charge in [-0.3, -0.25) is 0 Å². The molecule has 0 saturated heterocycles. The van der Waals surface area contributed by atoms with Crippen molar-refractivity contribution < 1.29 is 4.42 Å². The minimum Gasteiger partial charge on any atom is -0.452 e. The molecule has 0 aromatic carbocycles. The van der Waals surface area contributed by atoms with Crippen LogP contribution in [0, 0.1) is 0 Å². The molecule has 6 nitrogen and oxygen atoms in total. The van der Waals surface area contributed by atoms with Crippen molar-refractivity contribution >= 4 is 21.6 Å². The van der Waals surface area contributed by atoms with E-state index in [9.17, 15) is 0 Å². The number of nitrogens with zero attached hydrogens (tertiary/aromatic N) is 4. The average Bonchev–Trinajstić information content (AvgIpc) is 3.08. The molecule has 0 saturated carbocycles. The summed E-state index contributed by atoms with van der Waals surface area (Å²) in [7, 11) is 0. The molecule has 3 aromatic rings. The maximum Gasteiger partial charge on any atom is 0.178 e. The molecule has 0 fully saturated rings. The minimum atomic E-state index is 0.568. The second-order valence-electron chi connectivity index (χ2n) is 3.77. The fraction of sp³-hybridized carbons (Fsp3) is 0.0833. The van der Waals surface area contributed by atoms with Crippen LogP contribution >= 0.6 is 15.9 Å². The Labute approximate surface area is 117 Å². The standard InChI is InChI=1S/C12H10BrN5O/c13-11-4-3-9(19-11)6-16-10-2-1-5-15-12(10)18-8-14-7-17-18/h1-5,7-8,16H,6H2. The first-order valence-electron chi connectivity index (χ1n) is 5.61. The molecule has 3 aromatic heterocycles. The molecule has 0 spiro atoms. The van der Waals surface area contributed by atoms with Gasteiger partial charge in [0.2, 0.25) is 0 Å². The predicted octanol–water partition coefficient (Wildman–Crippen LogP) is 2.63. The summed E-state index contributed by atoms with van der Waals surface area (Å²) >= 11 is 3.28. The van der Waals surface area contributed by atoms with Gasteiger partial charge in [0.1, 0.15) is 18.4 Å². The highest BCUT2D eigenvalue weighted by Gasteiger charge is 2.07. The maximum absolute atomic E-state index is 5.43. The molecule has 0 radical (unpaired) electrons. The Balaban J connectivity index is 1.81. The average molecular weight is 320 g/mol. The quantitative estimate of drug-likeness (QED) is 0.800. The molecule has 7 heteroatoms. The van der Waals surface area contributed by atoms with E-state index in [1.54, 1.807) is 17.2 Å². The Morgan fingerprint density at radius 3 is 3.00 bits per heavy atom. The molecule has 1 N–H and O–H groups in total. The summed E-state index contributed by atoms with van der Waals surface area (Å²) < 4.78 is 7.76. The number of anilines is 1. The molecule has 0 aliphatic heterocycles. The van der Waals surface area contributed by atoms with Crippen LogP contribution < -0.4 is 5.32 Å². The molecule has 19 heavy (non-hydrogen) atoms. The van der Waals surface area contributed by atoms with Crippen LogP contribution in [0.3, 0.4) is 0 Å². The van der Waals surface area contributed by atoms with Crippen LogP contribution in [0.25, 0.3) is 5.82 Å². The Morgan fingerprint density at radius 1 is 1.32 bits per heavy atom. The topological polar surface area (TPSA) is 68.8 Å². The zero-order valence-electron chi connectivity index (χ0n) is 9.82. The van der Waals surface area contributed by atoms with Crippen LogP contribution in [0.15, 0.2) is 52.2 Å². The van der Waals surface area contributed by atoms with Crippen LogP contribution in [0.1, 0.15) is 5.76 Å². The molecule has 3 heterocycles. The van der Waals surface area contributed by atoms with Crippen molar-refractivity contribution in [2.45, 2.75) is 6.54 Å². The zero-order chi connectivity index (χ0) is 13.1. The van der Waals surface area contributed by atoms with Gasteiger partial charge in [-0.15, -0.1) is 0 Å². The molecule has 0 unspecified atom stereocenters. The van der Waals surface area contributed by atoms with E-state index in [0.717, 1.165) is 11.4 Å². The second kappa shape index (κ2) is 5.23. The Bertz CT molecular complexity index is 664. The third-order valence-corrected chi connectivity index (χ3v) is 2.93. The Kier molecular flexibility index (Phi) is 3.28. The predicted molar refractivity (Wildman–Crippen MR) is 72.9 cm³/mol. The summed E-state index contributed by atoms with van der Waals surface area (Å²) in [6, 6.07) is 7.56. The SMILES string of the molecule is Brc1ccc(CNc2cccnc2-n2cncn2)o1. The number of hydrogen-bond donors (Lipinski definition) is 1. The van der Waals surface area contributed by atoms with E-state index in [-0.39, 0.29) is 0 Å². The summed E-state index contributed by atoms with van der Waals surface area (Å²) in [5.74, 6) is 1.53. The van der Waals surface area contributed by atoms with Crippen LogP contribution in [-0.2, 0) is 6.54 Å². The first kappa shape index (κ1) is 11.9. The number of nitrogens with one attached hydrogen (secondary N) is 1. The summed E-state index contributed by atoms with van der Waals surface area (Å²) in [5, 5.41) is 7.34. The molecule has 0 amide bonds. The highest BCUT2D eigenvalue weighted by atomic mass is 79.9. The molecule has 3 rings (SSSR count). The van der Waals surface area contributed by atoms with Gasteiger partial charge >= 0.3 is 0 Å². The molecule has 96 valence electrons. The van der Waals surface area contributed by atoms with Gasteiger partial charge in [0.15, 0.2) is 10.5 Å². The molecule has 0 aliphatic carbocycles. The number of rotatable bonds is 4. The van der Waals surface area contributed by atoms with Gasteiger partial charge in [-0.2, -0.15) is 5.10 Å².